The van der Waals surface area contributed by atoms with Crippen LogP contribution in [-0.2, 0) is 9.53 Å². The molecule has 4 nitrogen and oxygen atoms in total. The zero-order chi connectivity index (χ0) is 13.1. The van der Waals surface area contributed by atoms with E-state index in [9.17, 15) is 4.79 Å². The lowest BCUT2D eigenvalue weighted by atomic mass is 10.00. The van der Waals surface area contributed by atoms with E-state index in [1.54, 1.807) is 4.90 Å². The Balaban J connectivity index is 2.33. The van der Waals surface area contributed by atoms with Gasteiger partial charge in [0.05, 0.1) is 13.2 Å². The number of para-hydroxylation sites is 1. The molecule has 0 spiro atoms. The number of benzene rings is 1. The number of rotatable bonds is 3. The van der Waals surface area contributed by atoms with E-state index in [-0.39, 0.29) is 12.5 Å². The Kier molecular flexibility index (Phi) is 3.99. The molecule has 0 aromatic heterocycles. The largest absolute Gasteiger partial charge is 0.393 e. The summed E-state index contributed by atoms with van der Waals surface area (Å²) in [6, 6.07) is 7.90. The van der Waals surface area contributed by atoms with E-state index >= 15 is 0 Å². The van der Waals surface area contributed by atoms with E-state index in [1.807, 2.05) is 24.3 Å². The molecule has 1 atom stereocenters. The van der Waals surface area contributed by atoms with Gasteiger partial charge >= 0.3 is 0 Å². The second kappa shape index (κ2) is 5.50. The molecule has 1 aliphatic rings. The van der Waals surface area contributed by atoms with Crippen LogP contribution >= 0.6 is 0 Å². The van der Waals surface area contributed by atoms with Gasteiger partial charge in [0.1, 0.15) is 0 Å². The lowest BCUT2D eigenvalue weighted by Gasteiger charge is -2.33. The van der Waals surface area contributed by atoms with Crippen LogP contribution in [0.5, 0.6) is 0 Å². The third-order valence-electron chi connectivity index (χ3n) is 3.19. The van der Waals surface area contributed by atoms with Crippen molar-refractivity contribution in [2.24, 2.45) is 0 Å². The van der Waals surface area contributed by atoms with Gasteiger partial charge in [0.2, 0.25) is 0 Å². The molecule has 1 aliphatic heterocycles. The van der Waals surface area contributed by atoms with Gasteiger partial charge in [-0.3, -0.25) is 4.79 Å². The van der Waals surface area contributed by atoms with Crippen LogP contribution in [0.3, 0.4) is 0 Å². The summed E-state index contributed by atoms with van der Waals surface area (Å²) in [5, 5.41) is 9.13. The fraction of sp³-hybridized carbons (Fsp3) is 0.500. The maximum Gasteiger partial charge on any atom is 0.258 e. The number of hydrogen-bond donors (Lipinski definition) is 1. The Bertz CT molecular complexity index is 431. The molecule has 1 aromatic carbocycles. The Labute approximate surface area is 107 Å². The number of anilines is 1. The Morgan fingerprint density at radius 2 is 2.17 bits per heavy atom. The monoisotopic (exact) mass is 249 g/mol. The number of aliphatic hydroxyl groups excluding tert-OH is 1. The summed E-state index contributed by atoms with van der Waals surface area (Å²) >= 11 is 0. The van der Waals surface area contributed by atoms with Crippen molar-refractivity contribution in [1.82, 2.24) is 0 Å². The van der Waals surface area contributed by atoms with Crippen molar-refractivity contribution in [1.29, 1.82) is 0 Å². The first kappa shape index (κ1) is 13.1. The molecular weight excluding hydrogens is 230 g/mol. The van der Waals surface area contributed by atoms with Crippen molar-refractivity contribution in [2.75, 3.05) is 24.7 Å². The normalized spacial score (nSPS) is 20.6. The van der Waals surface area contributed by atoms with E-state index in [2.05, 4.69) is 13.8 Å². The lowest BCUT2D eigenvalue weighted by molar-refractivity contribution is -0.136. The number of carbonyl (C=O) groups excluding carboxylic acids is 1. The second-order valence-corrected chi connectivity index (χ2v) is 4.75. The first-order valence-electron chi connectivity index (χ1n) is 6.28. The third kappa shape index (κ3) is 2.40. The Morgan fingerprint density at radius 3 is 2.83 bits per heavy atom. The lowest BCUT2D eigenvalue weighted by Crippen LogP contribution is -2.49. The SMILES string of the molecule is CC(C)c1ccccc1N1CCOC(CO)C1=O. The van der Waals surface area contributed by atoms with Gasteiger partial charge in [-0.2, -0.15) is 0 Å². The Morgan fingerprint density at radius 1 is 1.44 bits per heavy atom. The van der Waals surface area contributed by atoms with Gasteiger partial charge in [0.15, 0.2) is 6.10 Å². The summed E-state index contributed by atoms with van der Waals surface area (Å²) in [6.07, 6.45) is -0.723. The molecule has 1 heterocycles. The summed E-state index contributed by atoms with van der Waals surface area (Å²) in [6.45, 7) is 4.95. The number of aliphatic hydroxyl groups is 1. The van der Waals surface area contributed by atoms with Crippen molar-refractivity contribution in [2.45, 2.75) is 25.9 Å². The fourth-order valence-corrected chi connectivity index (χ4v) is 2.23. The molecule has 0 aliphatic carbocycles. The van der Waals surface area contributed by atoms with E-state index in [4.69, 9.17) is 9.84 Å². The van der Waals surface area contributed by atoms with Crippen LogP contribution < -0.4 is 4.90 Å². The fourth-order valence-electron chi connectivity index (χ4n) is 2.23. The quantitative estimate of drug-likeness (QED) is 0.884. The summed E-state index contributed by atoms with van der Waals surface area (Å²) in [5.41, 5.74) is 2.07. The van der Waals surface area contributed by atoms with Crippen molar-refractivity contribution in [3.05, 3.63) is 29.8 Å². The van der Waals surface area contributed by atoms with Crippen molar-refractivity contribution in [3.8, 4) is 0 Å². The predicted molar refractivity (Wildman–Crippen MR) is 69.7 cm³/mol. The highest BCUT2D eigenvalue weighted by Gasteiger charge is 2.31. The van der Waals surface area contributed by atoms with E-state index < -0.39 is 6.10 Å². The van der Waals surface area contributed by atoms with Gasteiger partial charge in [-0.05, 0) is 17.5 Å². The molecule has 0 saturated carbocycles. The number of morpholine rings is 1. The van der Waals surface area contributed by atoms with Gasteiger partial charge in [-0.1, -0.05) is 32.0 Å². The van der Waals surface area contributed by atoms with Crippen LogP contribution in [0.4, 0.5) is 5.69 Å². The highest BCUT2D eigenvalue weighted by atomic mass is 16.5. The third-order valence-corrected chi connectivity index (χ3v) is 3.19. The highest BCUT2D eigenvalue weighted by molar-refractivity contribution is 5.98. The second-order valence-electron chi connectivity index (χ2n) is 4.75. The van der Waals surface area contributed by atoms with E-state index in [0.29, 0.717) is 19.1 Å². The molecule has 4 heteroatoms. The minimum atomic E-state index is -0.723. The number of nitrogens with zero attached hydrogens (tertiary/aromatic N) is 1. The van der Waals surface area contributed by atoms with Crippen LogP contribution in [0.1, 0.15) is 25.3 Å². The van der Waals surface area contributed by atoms with Crippen molar-refractivity contribution >= 4 is 11.6 Å². The van der Waals surface area contributed by atoms with Crippen molar-refractivity contribution < 1.29 is 14.6 Å². The van der Waals surface area contributed by atoms with Gasteiger partial charge in [0, 0.05) is 12.2 Å². The predicted octanol–water partition coefficient (Wildman–Crippen LogP) is 1.53. The maximum absolute atomic E-state index is 12.2. The molecule has 0 radical (unpaired) electrons. The maximum atomic E-state index is 12.2. The number of hydrogen-bond acceptors (Lipinski definition) is 3. The van der Waals surface area contributed by atoms with Crippen LogP contribution in [0, 0.1) is 0 Å². The number of amides is 1. The van der Waals surface area contributed by atoms with Crippen LogP contribution in [0.15, 0.2) is 24.3 Å². The number of ether oxygens (including phenoxy) is 1. The van der Waals surface area contributed by atoms with E-state index in [0.717, 1.165) is 11.3 Å². The molecule has 2 rings (SSSR count). The number of carbonyl (C=O) groups is 1. The highest BCUT2D eigenvalue weighted by Crippen LogP contribution is 2.28. The smallest absolute Gasteiger partial charge is 0.258 e. The van der Waals surface area contributed by atoms with Gasteiger partial charge in [-0.15, -0.1) is 0 Å². The summed E-state index contributed by atoms with van der Waals surface area (Å²) in [5.74, 6) is 0.196. The topological polar surface area (TPSA) is 49.8 Å². The first-order chi connectivity index (χ1) is 8.65. The van der Waals surface area contributed by atoms with Crippen molar-refractivity contribution in [3.63, 3.8) is 0 Å². The zero-order valence-corrected chi connectivity index (χ0v) is 10.8. The molecule has 1 N–H and O–H groups in total. The summed E-state index contributed by atoms with van der Waals surface area (Å²) in [4.78, 5) is 13.9. The molecule has 1 unspecified atom stereocenters. The Hall–Kier alpha value is -1.39. The first-order valence-corrected chi connectivity index (χ1v) is 6.28. The zero-order valence-electron chi connectivity index (χ0n) is 10.8. The molecule has 1 saturated heterocycles. The van der Waals surface area contributed by atoms with Gasteiger partial charge < -0.3 is 14.7 Å². The standard InChI is InChI=1S/C14H19NO3/c1-10(2)11-5-3-4-6-12(11)15-7-8-18-13(9-16)14(15)17/h3-6,10,13,16H,7-9H2,1-2H3. The summed E-state index contributed by atoms with van der Waals surface area (Å²) < 4.78 is 5.25. The van der Waals surface area contributed by atoms with Gasteiger partial charge in [-0.25, -0.2) is 0 Å². The molecule has 18 heavy (non-hydrogen) atoms. The van der Waals surface area contributed by atoms with Crippen LogP contribution in [0.2, 0.25) is 0 Å². The molecule has 1 fully saturated rings. The minimum Gasteiger partial charge on any atom is -0.393 e. The molecule has 0 bridgehead atoms. The van der Waals surface area contributed by atoms with Crippen LogP contribution in [-0.4, -0.2) is 36.9 Å². The molecule has 98 valence electrons. The van der Waals surface area contributed by atoms with E-state index in [1.165, 1.54) is 0 Å². The molecular formula is C14H19NO3. The molecule has 1 amide bonds. The van der Waals surface area contributed by atoms with Gasteiger partial charge in [0.25, 0.3) is 5.91 Å². The molecule has 1 aromatic rings. The minimum absolute atomic E-state index is 0.156. The van der Waals surface area contributed by atoms with Crippen LogP contribution in [0.25, 0.3) is 0 Å². The average Bonchev–Trinajstić information content (AvgIpc) is 2.39. The average molecular weight is 249 g/mol. The summed E-state index contributed by atoms with van der Waals surface area (Å²) in [7, 11) is 0.